The average Bonchev–Trinajstić information content (AvgIpc) is 3.16. The quantitative estimate of drug-likeness (QED) is 0.260. The zero-order chi connectivity index (χ0) is 22.1. The molecular formula is C24H16F2N2O3. The van der Waals surface area contributed by atoms with Crippen molar-refractivity contribution < 1.29 is 23.5 Å². The van der Waals surface area contributed by atoms with Crippen LogP contribution in [-0.4, -0.2) is 26.6 Å². The van der Waals surface area contributed by atoms with Gasteiger partial charge in [0, 0.05) is 22.8 Å². The van der Waals surface area contributed by atoms with Gasteiger partial charge in [0.05, 0.1) is 11.0 Å². The molecule has 0 unspecified atom stereocenters. The van der Waals surface area contributed by atoms with Crippen LogP contribution in [0.2, 0.25) is 0 Å². The Morgan fingerprint density at radius 2 is 1.55 bits per heavy atom. The standard InChI is InChI=1S/C24H16F2N2O3/c1-13(29)14-5-4-6-15(9-14)22(30)21(23(31)16-10-17(25)12-18(26)11-16)24-27-19-7-2-3-8-20(19)28-24/h2-12,31H,1H3,(H,27,28). The summed E-state index contributed by atoms with van der Waals surface area (Å²) < 4.78 is 27.5. The van der Waals surface area contributed by atoms with Gasteiger partial charge >= 0.3 is 0 Å². The first kappa shape index (κ1) is 20.2. The second-order valence-corrected chi connectivity index (χ2v) is 6.95. The van der Waals surface area contributed by atoms with Crippen LogP contribution in [0.4, 0.5) is 8.78 Å². The number of allylic oxidation sites excluding steroid dienone is 1. The fraction of sp³-hybridized carbons (Fsp3) is 0.0417. The summed E-state index contributed by atoms with van der Waals surface area (Å²) >= 11 is 0. The Hall–Kier alpha value is -4.13. The first-order chi connectivity index (χ1) is 14.8. The lowest BCUT2D eigenvalue weighted by molar-refractivity contribution is 0.101. The van der Waals surface area contributed by atoms with Gasteiger partial charge in [0.15, 0.2) is 5.78 Å². The number of hydrogen-bond acceptors (Lipinski definition) is 4. The number of rotatable bonds is 5. The molecule has 0 aliphatic rings. The minimum Gasteiger partial charge on any atom is -0.506 e. The van der Waals surface area contributed by atoms with E-state index in [4.69, 9.17) is 0 Å². The van der Waals surface area contributed by atoms with Gasteiger partial charge in [-0.1, -0.05) is 30.3 Å². The Balaban J connectivity index is 1.95. The van der Waals surface area contributed by atoms with Crippen molar-refractivity contribution in [3.63, 3.8) is 0 Å². The summed E-state index contributed by atoms with van der Waals surface area (Å²) in [5, 5.41) is 10.9. The lowest BCUT2D eigenvalue weighted by Gasteiger charge is -2.10. The Kier molecular flexibility index (Phi) is 5.17. The minimum atomic E-state index is -0.906. The van der Waals surface area contributed by atoms with Gasteiger partial charge in [-0.3, -0.25) is 9.59 Å². The number of aromatic amines is 1. The monoisotopic (exact) mass is 418 g/mol. The van der Waals surface area contributed by atoms with Gasteiger partial charge in [0.1, 0.15) is 28.8 Å². The lowest BCUT2D eigenvalue weighted by atomic mass is 9.97. The van der Waals surface area contributed by atoms with E-state index in [0.29, 0.717) is 22.7 Å². The largest absolute Gasteiger partial charge is 0.506 e. The highest BCUT2D eigenvalue weighted by Gasteiger charge is 2.24. The van der Waals surface area contributed by atoms with Crippen LogP contribution in [0.3, 0.4) is 0 Å². The minimum absolute atomic E-state index is 0.0293. The number of para-hydroxylation sites is 2. The zero-order valence-electron chi connectivity index (χ0n) is 16.3. The molecule has 3 aromatic carbocycles. The molecule has 2 N–H and O–H groups in total. The molecule has 0 saturated carbocycles. The van der Waals surface area contributed by atoms with E-state index in [1.54, 1.807) is 36.4 Å². The van der Waals surface area contributed by atoms with Crippen molar-refractivity contribution in [2.45, 2.75) is 6.92 Å². The van der Waals surface area contributed by atoms with Crippen molar-refractivity contribution in [1.82, 2.24) is 9.97 Å². The molecule has 7 heteroatoms. The Morgan fingerprint density at radius 1 is 0.871 bits per heavy atom. The maximum atomic E-state index is 13.8. The number of carbonyl (C=O) groups is 2. The highest BCUT2D eigenvalue weighted by Crippen LogP contribution is 2.29. The number of aromatic nitrogens is 2. The molecule has 0 amide bonds. The fourth-order valence-electron chi connectivity index (χ4n) is 3.26. The molecule has 1 aromatic heterocycles. The van der Waals surface area contributed by atoms with Gasteiger partial charge in [0.2, 0.25) is 5.78 Å². The molecule has 31 heavy (non-hydrogen) atoms. The van der Waals surface area contributed by atoms with Crippen LogP contribution in [0, 0.1) is 11.6 Å². The molecule has 1 heterocycles. The van der Waals surface area contributed by atoms with E-state index in [9.17, 15) is 23.5 Å². The highest BCUT2D eigenvalue weighted by molar-refractivity contribution is 6.33. The number of benzene rings is 3. The number of aliphatic hydroxyl groups excluding tert-OH is 1. The van der Waals surface area contributed by atoms with Gasteiger partial charge in [-0.2, -0.15) is 0 Å². The van der Waals surface area contributed by atoms with Crippen LogP contribution in [0.25, 0.3) is 22.4 Å². The predicted octanol–water partition coefficient (Wildman–Crippen LogP) is 5.35. The first-order valence-electron chi connectivity index (χ1n) is 9.34. The third-order valence-electron chi connectivity index (χ3n) is 4.76. The SMILES string of the molecule is CC(=O)c1cccc(C(=O)C(=C(O)c2cc(F)cc(F)c2)c2nc3ccccc3[nH]2)c1. The molecule has 0 aliphatic heterocycles. The predicted molar refractivity (Wildman–Crippen MR) is 113 cm³/mol. The van der Waals surface area contributed by atoms with Gasteiger partial charge in [-0.05, 0) is 37.3 Å². The summed E-state index contributed by atoms with van der Waals surface area (Å²) in [5.74, 6) is -3.32. The van der Waals surface area contributed by atoms with Crippen molar-refractivity contribution >= 4 is 33.9 Å². The maximum absolute atomic E-state index is 13.8. The van der Waals surface area contributed by atoms with E-state index in [1.165, 1.54) is 19.1 Å². The average molecular weight is 418 g/mol. The Bertz CT molecular complexity index is 1320. The van der Waals surface area contributed by atoms with Crippen molar-refractivity contribution in [3.8, 4) is 0 Å². The van der Waals surface area contributed by atoms with Crippen LogP contribution in [-0.2, 0) is 0 Å². The number of halogens is 2. The molecular weight excluding hydrogens is 402 g/mol. The number of H-pyrrole nitrogens is 1. The molecule has 154 valence electrons. The third kappa shape index (κ3) is 3.98. The topological polar surface area (TPSA) is 83.1 Å². The van der Waals surface area contributed by atoms with Gasteiger partial charge in [-0.25, -0.2) is 13.8 Å². The van der Waals surface area contributed by atoms with E-state index in [-0.39, 0.29) is 28.3 Å². The van der Waals surface area contributed by atoms with E-state index in [2.05, 4.69) is 9.97 Å². The third-order valence-corrected chi connectivity index (χ3v) is 4.76. The highest BCUT2D eigenvalue weighted by atomic mass is 19.1. The molecule has 0 saturated heterocycles. The van der Waals surface area contributed by atoms with E-state index < -0.39 is 23.2 Å². The number of nitrogens with one attached hydrogen (secondary N) is 1. The van der Waals surface area contributed by atoms with Gasteiger partial charge < -0.3 is 10.1 Å². The van der Waals surface area contributed by atoms with E-state index in [1.807, 2.05) is 0 Å². The summed E-state index contributed by atoms with van der Waals surface area (Å²) in [6.07, 6.45) is 0. The van der Waals surface area contributed by atoms with Crippen molar-refractivity contribution in [2.75, 3.05) is 0 Å². The van der Waals surface area contributed by atoms with Crippen LogP contribution < -0.4 is 0 Å². The van der Waals surface area contributed by atoms with E-state index in [0.717, 1.165) is 12.1 Å². The summed E-state index contributed by atoms with van der Waals surface area (Å²) in [6, 6.07) is 15.5. The molecule has 0 radical (unpaired) electrons. The van der Waals surface area contributed by atoms with Crippen molar-refractivity contribution in [3.05, 3.63) is 101 Å². The molecule has 5 nitrogen and oxygen atoms in total. The molecule has 0 aliphatic carbocycles. The number of fused-ring (bicyclic) bond motifs is 1. The Morgan fingerprint density at radius 3 is 2.23 bits per heavy atom. The lowest BCUT2D eigenvalue weighted by Crippen LogP contribution is -2.09. The molecule has 0 spiro atoms. The number of Topliss-reactive ketones (excluding diaryl/α,β-unsaturated/α-hetero) is 2. The molecule has 0 bridgehead atoms. The zero-order valence-corrected chi connectivity index (χ0v) is 16.3. The Labute approximate surface area is 175 Å². The van der Waals surface area contributed by atoms with Crippen molar-refractivity contribution in [2.24, 2.45) is 0 Å². The fourth-order valence-corrected chi connectivity index (χ4v) is 3.26. The van der Waals surface area contributed by atoms with Crippen LogP contribution in [0.1, 0.15) is 39.0 Å². The molecule has 4 aromatic rings. The summed E-state index contributed by atoms with van der Waals surface area (Å²) in [5.41, 5.74) is 1.08. The number of carbonyl (C=O) groups excluding carboxylic acids is 2. The number of imidazole rings is 1. The number of aliphatic hydroxyl groups is 1. The van der Waals surface area contributed by atoms with E-state index >= 15 is 0 Å². The normalized spacial score (nSPS) is 12.0. The summed E-state index contributed by atoms with van der Waals surface area (Å²) in [4.78, 5) is 32.5. The number of ketones is 2. The number of nitrogens with zero attached hydrogens (tertiary/aromatic N) is 1. The van der Waals surface area contributed by atoms with Gasteiger partial charge in [0.25, 0.3) is 0 Å². The smallest absolute Gasteiger partial charge is 0.200 e. The maximum Gasteiger partial charge on any atom is 0.200 e. The molecule has 0 atom stereocenters. The van der Waals surface area contributed by atoms with Crippen LogP contribution in [0.15, 0.2) is 66.7 Å². The molecule has 0 fully saturated rings. The van der Waals surface area contributed by atoms with Crippen molar-refractivity contribution in [1.29, 1.82) is 0 Å². The second-order valence-electron chi connectivity index (χ2n) is 6.95. The molecule has 4 rings (SSSR count). The van der Waals surface area contributed by atoms with Crippen LogP contribution in [0.5, 0.6) is 0 Å². The van der Waals surface area contributed by atoms with Gasteiger partial charge in [-0.15, -0.1) is 0 Å². The van der Waals surface area contributed by atoms with Crippen LogP contribution >= 0.6 is 0 Å². The summed E-state index contributed by atoms with van der Waals surface area (Å²) in [6.45, 7) is 1.37. The first-order valence-corrected chi connectivity index (χ1v) is 9.34. The summed E-state index contributed by atoms with van der Waals surface area (Å²) in [7, 11) is 0. The second kappa shape index (κ2) is 7.95. The number of hydrogen-bond donors (Lipinski definition) is 2.